The van der Waals surface area contributed by atoms with Crippen LogP contribution >= 0.6 is 0 Å². The number of esters is 2. The molecule has 2 aromatic carbocycles. The van der Waals surface area contributed by atoms with E-state index >= 15 is 0 Å². The van der Waals surface area contributed by atoms with Crippen molar-refractivity contribution in [2.45, 2.75) is 65.0 Å². The summed E-state index contributed by atoms with van der Waals surface area (Å²) in [6, 6.07) is 17.6. The number of hydrogen-bond donors (Lipinski definition) is 0. The minimum absolute atomic E-state index is 0.0167. The predicted molar refractivity (Wildman–Crippen MR) is 165 cm³/mol. The molecular weight excluding hydrogens is 580 g/mol. The van der Waals surface area contributed by atoms with Crippen molar-refractivity contribution in [2.75, 3.05) is 26.9 Å². The first-order valence-electron chi connectivity index (χ1n) is 14.9. The monoisotopic (exact) mass is 620 g/mol. The smallest absolute Gasteiger partial charge is 0.412 e. The number of hydrogen-bond acceptors (Lipinski definition) is 9. The molecule has 0 aliphatic carbocycles. The summed E-state index contributed by atoms with van der Waals surface area (Å²) >= 11 is 0. The molecule has 1 aromatic heterocycles. The molecule has 0 N–H and O–H groups in total. The highest BCUT2D eigenvalue weighted by molar-refractivity contribution is 5.94. The van der Waals surface area contributed by atoms with E-state index in [1.165, 1.54) is 22.8 Å². The lowest BCUT2D eigenvalue weighted by Crippen LogP contribution is -2.53. The highest BCUT2D eigenvalue weighted by atomic mass is 16.6. The van der Waals surface area contributed by atoms with Gasteiger partial charge in [-0.1, -0.05) is 60.7 Å². The van der Waals surface area contributed by atoms with Gasteiger partial charge in [0.2, 0.25) is 5.43 Å². The van der Waals surface area contributed by atoms with Gasteiger partial charge in [0, 0.05) is 12.7 Å². The quantitative estimate of drug-likeness (QED) is 0.223. The van der Waals surface area contributed by atoms with Crippen LogP contribution in [0.3, 0.4) is 0 Å². The maximum atomic E-state index is 13.8. The Balaban J connectivity index is 1.96. The largest absolute Gasteiger partial charge is 0.482 e. The molecule has 0 saturated carbocycles. The Labute approximate surface area is 262 Å². The predicted octanol–water partition coefficient (Wildman–Crippen LogP) is 5.16. The Morgan fingerprint density at radius 3 is 2.22 bits per heavy atom. The standard InChI is InChI=1S/C34H40N2O9/c1-6-42-31(38)25-21-36(27(32(39)41-5)29(28(25)37)44-22-24-16-11-8-12-17-24)26(20-23-14-9-7-10-15-23)30-35(18-13-19-43-30)33(40)45-34(2,3)4/h7-12,14-17,21,26,30H,6,13,18-20,22H2,1-5H3/t26-,30?/m0/s1. The first kappa shape index (κ1) is 33.3. The summed E-state index contributed by atoms with van der Waals surface area (Å²) in [7, 11) is 1.19. The van der Waals surface area contributed by atoms with Crippen LogP contribution in [0.4, 0.5) is 4.79 Å². The molecule has 1 saturated heterocycles. The van der Waals surface area contributed by atoms with Gasteiger partial charge < -0.3 is 28.3 Å². The average Bonchev–Trinajstić information content (AvgIpc) is 3.03. The zero-order valence-electron chi connectivity index (χ0n) is 26.3. The first-order chi connectivity index (χ1) is 21.5. The molecule has 3 aromatic rings. The van der Waals surface area contributed by atoms with E-state index in [1.54, 1.807) is 39.8 Å². The Morgan fingerprint density at radius 2 is 1.62 bits per heavy atom. The second-order valence-corrected chi connectivity index (χ2v) is 11.5. The summed E-state index contributed by atoms with van der Waals surface area (Å²) in [4.78, 5) is 55.5. The second kappa shape index (κ2) is 14.9. The van der Waals surface area contributed by atoms with Crippen molar-refractivity contribution in [3.8, 4) is 5.75 Å². The number of nitrogens with zero attached hydrogens (tertiary/aromatic N) is 2. The van der Waals surface area contributed by atoms with Crippen LogP contribution in [0, 0.1) is 0 Å². The van der Waals surface area contributed by atoms with Gasteiger partial charge in [0.15, 0.2) is 17.7 Å². The number of pyridine rings is 1. The number of carbonyl (C=O) groups excluding carboxylic acids is 3. The Bertz CT molecular complexity index is 1530. The molecule has 1 aliphatic heterocycles. The summed E-state index contributed by atoms with van der Waals surface area (Å²) in [5, 5.41) is 0. The Hall–Kier alpha value is -4.64. The zero-order chi connectivity index (χ0) is 32.6. The van der Waals surface area contributed by atoms with Crippen LogP contribution in [0.5, 0.6) is 5.75 Å². The molecule has 0 bridgehead atoms. The molecule has 0 radical (unpaired) electrons. The average molecular weight is 621 g/mol. The lowest BCUT2D eigenvalue weighted by Gasteiger charge is -2.41. The third-order valence-corrected chi connectivity index (χ3v) is 7.03. The fourth-order valence-electron chi connectivity index (χ4n) is 5.07. The number of amides is 1. The van der Waals surface area contributed by atoms with E-state index in [9.17, 15) is 19.2 Å². The third-order valence-electron chi connectivity index (χ3n) is 7.03. The number of benzene rings is 2. The molecule has 240 valence electrons. The van der Waals surface area contributed by atoms with Crippen molar-refractivity contribution in [3.63, 3.8) is 0 Å². The van der Waals surface area contributed by atoms with Gasteiger partial charge in [0.25, 0.3) is 0 Å². The maximum Gasteiger partial charge on any atom is 0.412 e. The molecular formula is C34H40N2O9. The van der Waals surface area contributed by atoms with Crippen LogP contribution < -0.4 is 10.2 Å². The van der Waals surface area contributed by atoms with E-state index in [4.69, 9.17) is 23.7 Å². The molecule has 2 heterocycles. The molecule has 1 aliphatic rings. The molecule has 1 amide bonds. The van der Waals surface area contributed by atoms with Crippen LogP contribution in [0.15, 0.2) is 71.7 Å². The number of methoxy groups -OCH3 is 1. The lowest BCUT2D eigenvalue weighted by atomic mass is 10.0. The molecule has 1 fully saturated rings. The summed E-state index contributed by atoms with van der Waals surface area (Å²) < 4.78 is 29.8. The number of rotatable bonds is 10. The third kappa shape index (κ3) is 8.30. The Morgan fingerprint density at radius 1 is 0.978 bits per heavy atom. The topological polar surface area (TPSA) is 123 Å². The van der Waals surface area contributed by atoms with E-state index < -0.39 is 41.3 Å². The molecule has 45 heavy (non-hydrogen) atoms. The van der Waals surface area contributed by atoms with E-state index in [2.05, 4.69) is 0 Å². The molecule has 11 nitrogen and oxygen atoms in total. The normalized spacial score (nSPS) is 15.6. The van der Waals surface area contributed by atoms with E-state index in [0.29, 0.717) is 19.6 Å². The second-order valence-electron chi connectivity index (χ2n) is 11.5. The van der Waals surface area contributed by atoms with Crippen LogP contribution in [0.25, 0.3) is 0 Å². The zero-order valence-corrected chi connectivity index (χ0v) is 26.3. The van der Waals surface area contributed by atoms with Crippen molar-refractivity contribution in [1.29, 1.82) is 0 Å². The van der Waals surface area contributed by atoms with Crippen LogP contribution in [-0.4, -0.2) is 66.2 Å². The van der Waals surface area contributed by atoms with Crippen molar-refractivity contribution < 1.29 is 38.1 Å². The van der Waals surface area contributed by atoms with Gasteiger partial charge in [-0.05, 0) is 51.7 Å². The minimum atomic E-state index is -0.961. The lowest BCUT2D eigenvalue weighted by molar-refractivity contribution is -0.118. The fraction of sp³-hybridized carbons (Fsp3) is 0.412. The van der Waals surface area contributed by atoms with Gasteiger partial charge in [-0.2, -0.15) is 0 Å². The number of carbonyl (C=O) groups is 3. The van der Waals surface area contributed by atoms with Gasteiger partial charge in [0.05, 0.1) is 26.4 Å². The van der Waals surface area contributed by atoms with Crippen LogP contribution in [0.2, 0.25) is 0 Å². The van der Waals surface area contributed by atoms with Gasteiger partial charge in [-0.25, -0.2) is 14.4 Å². The van der Waals surface area contributed by atoms with Crippen LogP contribution in [0.1, 0.15) is 72.1 Å². The van der Waals surface area contributed by atoms with Crippen molar-refractivity contribution in [2.24, 2.45) is 0 Å². The van der Waals surface area contributed by atoms with Crippen molar-refractivity contribution >= 4 is 18.0 Å². The molecule has 2 atom stereocenters. The fourth-order valence-corrected chi connectivity index (χ4v) is 5.07. The van der Waals surface area contributed by atoms with Crippen molar-refractivity contribution in [3.05, 3.63) is 99.5 Å². The summed E-state index contributed by atoms with van der Waals surface area (Å²) in [5.41, 5.74) is -0.602. The number of ether oxygens (including phenoxy) is 5. The van der Waals surface area contributed by atoms with Gasteiger partial charge >= 0.3 is 18.0 Å². The molecule has 11 heteroatoms. The molecule has 0 spiro atoms. The first-order valence-corrected chi connectivity index (χ1v) is 14.9. The number of aromatic nitrogens is 1. The highest BCUT2D eigenvalue weighted by Crippen LogP contribution is 2.32. The maximum absolute atomic E-state index is 13.8. The summed E-state index contributed by atoms with van der Waals surface area (Å²) in [6.45, 7) is 7.52. The van der Waals surface area contributed by atoms with Crippen molar-refractivity contribution in [1.82, 2.24) is 9.47 Å². The SMILES string of the molecule is CCOC(=O)c1cn([C@@H](Cc2ccccc2)C2OCCCN2C(=O)OC(C)(C)C)c(C(=O)OC)c(OCc2ccccc2)c1=O. The van der Waals surface area contributed by atoms with E-state index in [-0.39, 0.29) is 36.6 Å². The summed E-state index contributed by atoms with van der Waals surface area (Å²) in [6.07, 6.45) is 0.494. The minimum Gasteiger partial charge on any atom is -0.482 e. The summed E-state index contributed by atoms with van der Waals surface area (Å²) in [5.74, 6) is -2.14. The van der Waals surface area contributed by atoms with Gasteiger partial charge in [-0.15, -0.1) is 0 Å². The van der Waals surface area contributed by atoms with E-state index in [1.807, 2.05) is 48.5 Å². The Kier molecular flexibility index (Phi) is 11.0. The highest BCUT2D eigenvalue weighted by Gasteiger charge is 2.40. The molecule has 1 unspecified atom stereocenters. The van der Waals surface area contributed by atoms with Gasteiger partial charge in [0.1, 0.15) is 17.8 Å². The van der Waals surface area contributed by atoms with Gasteiger partial charge in [-0.3, -0.25) is 9.69 Å². The molecule has 4 rings (SSSR count). The van der Waals surface area contributed by atoms with E-state index in [0.717, 1.165) is 11.1 Å². The van der Waals surface area contributed by atoms with Crippen LogP contribution in [-0.2, 0) is 32.0 Å².